The van der Waals surface area contributed by atoms with Crippen molar-refractivity contribution in [2.45, 2.75) is 31.7 Å². The molecule has 2 saturated heterocycles. The summed E-state index contributed by atoms with van der Waals surface area (Å²) in [6, 6.07) is 5.23. The van der Waals surface area contributed by atoms with Crippen LogP contribution in [0.5, 0.6) is 0 Å². The van der Waals surface area contributed by atoms with E-state index >= 15 is 0 Å². The molecule has 10 heteroatoms. The third kappa shape index (κ3) is 4.71. The molecule has 3 aromatic rings. The summed E-state index contributed by atoms with van der Waals surface area (Å²) in [6.07, 6.45) is 2.54. The molecule has 0 saturated carbocycles. The molecular weight excluding hydrogens is 456 g/mol. The smallest absolute Gasteiger partial charge is 0.236 e. The third-order valence-electron chi connectivity index (χ3n) is 6.65. The predicted octanol–water partition coefficient (Wildman–Crippen LogP) is 2.01. The molecule has 1 amide bonds. The summed E-state index contributed by atoms with van der Waals surface area (Å²) < 4.78 is 6.03. The number of rotatable bonds is 5. The molecule has 0 bridgehead atoms. The lowest BCUT2D eigenvalue weighted by molar-refractivity contribution is -0.151. The first-order valence-corrected chi connectivity index (χ1v) is 12.0. The molecule has 2 aliphatic rings. The molecule has 0 spiro atoms. The maximum atomic E-state index is 13.0. The van der Waals surface area contributed by atoms with Crippen LogP contribution in [-0.4, -0.2) is 94.5 Å². The molecule has 2 atom stereocenters. The number of halogens is 1. The quantitative estimate of drug-likeness (QED) is 0.409. The number of benzene rings is 1. The molecule has 2 fully saturated rings. The van der Waals surface area contributed by atoms with Crippen LogP contribution in [0, 0.1) is 0 Å². The molecular formula is C24H31ClN6O3. The van der Waals surface area contributed by atoms with Crippen molar-refractivity contribution in [1.82, 2.24) is 25.1 Å². The first kappa shape index (κ1) is 23.3. The van der Waals surface area contributed by atoms with Gasteiger partial charge in [0, 0.05) is 54.7 Å². The van der Waals surface area contributed by atoms with E-state index in [0.717, 1.165) is 34.9 Å². The van der Waals surface area contributed by atoms with E-state index in [0.29, 0.717) is 37.0 Å². The SMILES string of the molecule is CC1(C)CN(CC(=O)N2CCNCC2)[C@H](C(O)Nc2cc(Cl)cc3c2[nH]c2cnccc23)CO1. The van der Waals surface area contributed by atoms with Gasteiger partial charge >= 0.3 is 0 Å². The summed E-state index contributed by atoms with van der Waals surface area (Å²) in [5, 5.41) is 20.3. The summed E-state index contributed by atoms with van der Waals surface area (Å²) in [5.74, 6) is 0.0738. The Morgan fingerprint density at radius 3 is 2.94 bits per heavy atom. The maximum absolute atomic E-state index is 13.0. The summed E-state index contributed by atoms with van der Waals surface area (Å²) in [7, 11) is 0. The number of nitrogens with one attached hydrogen (secondary N) is 3. The molecule has 1 aromatic carbocycles. The number of fused-ring (bicyclic) bond motifs is 3. The average molecular weight is 487 g/mol. The monoisotopic (exact) mass is 486 g/mol. The van der Waals surface area contributed by atoms with E-state index in [2.05, 4.69) is 20.6 Å². The summed E-state index contributed by atoms with van der Waals surface area (Å²) in [5.41, 5.74) is 2.01. The molecule has 182 valence electrons. The number of aromatic nitrogens is 2. The molecule has 0 aliphatic carbocycles. The van der Waals surface area contributed by atoms with Crippen LogP contribution in [0.15, 0.2) is 30.6 Å². The number of anilines is 1. The Kier molecular flexibility index (Phi) is 6.39. The van der Waals surface area contributed by atoms with E-state index in [9.17, 15) is 9.90 Å². The zero-order chi connectivity index (χ0) is 23.9. The topological polar surface area (TPSA) is 106 Å². The zero-order valence-corrected chi connectivity index (χ0v) is 20.2. The molecule has 4 N–H and O–H groups in total. The van der Waals surface area contributed by atoms with Crippen LogP contribution >= 0.6 is 11.6 Å². The van der Waals surface area contributed by atoms with Crippen LogP contribution in [0.1, 0.15) is 13.8 Å². The highest BCUT2D eigenvalue weighted by atomic mass is 35.5. The number of amides is 1. The van der Waals surface area contributed by atoms with Crippen LogP contribution in [0.25, 0.3) is 21.8 Å². The number of hydrogen-bond acceptors (Lipinski definition) is 7. The zero-order valence-electron chi connectivity index (χ0n) is 19.5. The number of morpholine rings is 1. The van der Waals surface area contributed by atoms with Gasteiger partial charge in [0.05, 0.1) is 47.7 Å². The van der Waals surface area contributed by atoms with Crippen molar-refractivity contribution in [2.75, 3.05) is 51.2 Å². The van der Waals surface area contributed by atoms with E-state index in [4.69, 9.17) is 16.3 Å². The van der Waals surface area contributed by atoms with Gasteiger partial charge in [-0.15, -0.1) is 0 Å². The molecule has 2 aliphatic heterocycles. The van der Waals surface area contributed by atoms with Gasteiger partial charge in [0.25, 0.3) is 0 Å². The maximum Gasteiger partial charge on any atom is 0.236 e. The Morgan fingerprint density at radius 1 is 1.35 bits per heavy atom. The van der Waals surface area contributed by atoms with E-state index in [1.807, 2.05) is 35.8 Å². The number of ether oxygens (including phenoxy) is 1. The number of carbonyl (C=O) groups is 1. The normalized spacial score (nSPS) is 22.2. The lowest BCUT2D eigenvalue weighted by Gasteiger charge is -2.45. The van der Waals surface area contributed by atoms with Gasteiger partial charge in [-0.1, -0.05) is 11.6 Å². The van der Waals surface area contributed by atoms with Crippen LogP contribution in [0.2, 0.25) is 5.02 Å². The standard InChI is InChI=1S/C24H31ClN6O3/c1-24(2)14-31(12-21(32)30-7-5-26-6-8-30)20(13-34-24)23(33)29-18-10-15(25)9-17-16-3-4-27-11-19(16)28-22(17)18/h3-4,9-11,20,23,26,28-29,33H,5-8,12-14H2,1-2H3/t20-,23?/m0/s1. The van der Waals surface area contributed by atoms with Crippen molar-refractivity contribution >= 4 is 45.0 Å². The first-order valence-electron chi connectivity index (χ1n) is 11.7. The second-order valence-corrected chi connectivity index (χ2v) is 10.1. The highest BCUT2D eigenvalue weighted by Crippen LogP contribution is 2.34. The largest absolute Gasteiger partial charge is 0.372 e. The second-order valence-electron chi connectivity index (χ2n) is 9.69. The minimum atomic E-state index is -0.974. The van der Waals surface area contributed by atoms with Gasteiger partial charge in [0.1, 0.15) is 6.23 Å². The number of pyridine rings is 1. The Hall–Kier alpha value is -2.43. The van der Waals surface area contributed by atoms with Crippen LogP contribution in [0.4, 0.5) is 5.69 Å². The number of hydrogen-bond donors (Lipinski definition) is 4. The lowest BCUT2D eigenvalue weighted by Crippen LogP contribution is -2.62. The number of H-pyrrole nitrogens is 1. The Labute approximate surface area is 203 Å². The van der Waals surface area contributed by atoms with E-state index in [-0.39, 0.29) is 12.5 Å². The second kappa shape index (κ2) is 9.31. The highest BCUT2D eigenvalue weighted by molar-refractivity contribution is 6.32. The number of aliphatic hydroxyl groups excluding tert-OH is 1. The van der Waals surface area contributed by atoms with Gasteiger partial charge in [-0.25, -0.2) is 0 Å². The molecule has 9 nitrogen and oxygen atoms in total. The van der Waals surface area contributed by atoms with Crippen LogP contribution in [0.3, 0.4) is 0 Å². The van der Waals surface area contributed by atoms with Gasteiger partial charge in [-0.05, 0) is 32.0 Å². The minimum Gasteiger partial charge on any atom is -0.372 e. The van der Waals surface area contributed by atoms with Crippen molar-refractivity contribution in [1.29, 1.82) is 0 Å². The molecule has 0 radical (unpaired) electrons. The Morgan fingerprint density at radius 2 is 2.15 bits per heavy atom. The molecule has 34 heavy (non-hydrogen) atoms. The third-order valence-corrected chi connectivity index (χ3v) is 6.87. The van der Waals surface area contributed by atoms with Gasteiger partial charge < -0.3 is 30.4 Å². The minimum absolute atomic E-state index is 0.0738. The van der Waals surface area contributed by atoms with Crippen molar-refractivity contribution in [2.24, 2.45) is 0 Å². The number of nitrogens with zero attached hydrogens (tertiary/aromatic N) is 3. The summed E-state index contributed by atoms with van der Waals surface area (Å²) >= 11 is 6.43. The predicted molar refractivity (Wildman–Crippen MR) is 133 cm³/mol. The molecule has 5 rings (SSSR count). The van der Waals surface area contributed by atoms with E-state index in [1.54, 1.807) is 18.5 Å². The number of piperazine rings is 1. The van der Waals surface area contributed by atoms with Gasteiger partial charge in [0.2, 0.25) is 5.91 Å². The van der Waals surface area contributed by atoms with Crippen LogP contribution < -0.4 is 10.6 Å². The van der Waals surface area contributed by atoms with Gasteiger partial charge in [-0.2, -0.15) is 0 Å². The van der Waals surface area contributed by atoms with E-state index < -0.39 is 17.9 Å². The Balaban J connectivity index is 1.39. The fourth-order valence-corrected chi connectivity index (χ4v) is 5.13. The van der Waals surface area contributed by atoms with Gasteiger partial charge in [-0.3, -0.25) is 14.7 Å². The summed E-state index contributed by atoms with van der Waals surface area (Å²) in [6.45, 7) is 8.10. The highest BCUT2D eigenvalue weighted by Gasteiger charge is 2.39. The number of aromatic amines is 1. The van der Waals surface area contributed by atoms with Crippen molar-refractivity contribution in [3.8, 4) is 0 Å². The van der Waals surface area contributed by atoms with Gasteiger partial charge in [0.15, 0.2) is 0 Å². The number of aliphatic hydroxyl groups is 1. The van der Waals surface area contributed by atoms with Crippen molar-refractivity contribution in [3.63, 3.8) is 0 Å². The van der Waals surface area contributed by atoms with E-state index in [1.165, 1.54) is 0 Å². The first-order chi connectivity index (χ1) is 16.3. The molecule has 1 unspecified atom stereocenters. The van der Waals surface area contributed by atoms with Crippen LogP contribution in [-0.2, 0) is 9.53 Å². The number of carbonyl (C=O) groups excluding carboxylic acids is 1. The lowest BCUT2D eigenvalue weighted by atomic mass is 10.0. The molecule has 2 aromatic heterocycles. The fraction of sp³-hybridized carbons (Fsp3) is 0.500. The Bertz CT molecular complexity index is 1190. The van der Waals surface area contributed by atoms with Crippen molar-refractivity contribution in [3.05, 3.63) is 35.6 Å². The molecule has 4 heterocycles. The fourth-order valence-electron chi connectivity index (χ4n) is 4.91. The average Bonchev–Trinajstić information content (AvgIpc) is 3.18. The van der Waals surface area contributed by atoms with Crippen molar-refractivity contribution < 1.29 is 14.6 Å². The summed E-state index contributed by atoms with van der Waals surface area (Å²) in [4.78, 5) is 24.5.